The normalized spacial score (nSPS) is 17.5. The molecule has 0 saturated carbocycles. The van der Waals surface area contributed by atoms with Gasteiger partial charge >= 0.3 is 0 Å². The number of thioether (sulfide) groups is 1. The summed E-state index contributed by atoms with van der Waals surface area (Å²) in [6, 6.07) is 0. The Morgan fingerprint density at radius 3 is 2.71 bits per heavy atom. The highest BCUT2D eigenvalue weighted by molar-refractivity contribution is 8.00. The monoisotopic (exact) mass is 414 g/mol. The van der Waals surface area contributed by atoms with E-state index in [2.05, 4.69) is 22.7 Å². The molecule has 0 aliphatic carbocycles. The highest BCUT2D eigenvalue weighted by Crippen LogP contribution is 2.22. The van der Waals surface area contributed by atoms with Crippen molar-refractivity contribution in [1.82, 2.24) is 21.1 Å². The predicted molar refractivity (Wildman–Crippen MR) is 107 cm³/mol. The lowest BCUT2D eigenvalue weighted by atomic mass is 10.2. The lowest BCUT2D eigenvalue weighted by molar-refractivity contribution is -0.138. The van der Waals surface area contributed by atoms with E-state index in [0.717, 1.165) is 4.90 Å². The summed E-state index contributed by atoms with van der Waals surface area (Å²) in [5.41, 5.74) is 5.38. The molecule has 1 heterocycles. The van der Waals surface area contributed by atoms with Gasteiger partial charge in [-0.2, -0.15) is 11.8 Å². The molecule has 1 fully saturated rings. The van der Waals surface area contributed by atoms with Gasteiger partial charge in [0.05, 0.1) is 24.9 Å². The number of ether oxygens (including phenoxy) is 1. The molecule has 0 aromatic carbocycles. The maximum Gasteiger partial charge on any atom is 0.242 e. The molecule has 0 radical (unpaired) electrons. The van der Waals surface area contributed by atoms with Crippen molar-refractivity contribution in [2.75, 3.05) is 39.1 Å². The lowest BCUT2D eigenvalue weighted by Crippen LogP contribution is -2.40. The maximum atomic E-state index is 12.0. The van der Waals surface area contributed by atoms with Crippen molar-refractivity contribution < 1.29 is 23.9 Å². The molecule has 0 bridgehead atoms. The van der Waals surface area contributed by atoms with Gasteiger partial charge in [-0.15, -0.1) is 6.58 Å². The zero-order valence-corrected chi connectivity index (χ0v) is 17.3. The minimum atomic E-state index is -0.332. The second-order valence-corrected chi connectivity index (χ2v) is 7.46. The molecule has 0 aromatic heterocycles. The van der Waals surface area contributed by atoms with E-state index in [1.165, 1.54) is 11.8 Å². The molecule has 1 rings (SSSR count). The molecule has 1 aliphatic rings. The van der Waals surface area contributed by atoms with Gasteiger partial charge in [-0.1, -0.05) is 13.0 Å². The van der Waals surface area contributed by atoms with Crippen molar-refractivity contribution in [3.05, 3.63) is 12.7 Å². The van der Waals surface area contributed by atoms with Gasteiger partial charge in [-0.25, -0.2) is 5.43 Å². The molecule has 158 valence electrons. The van der Waals surface area contributed by atoms with Gasteiger partial charge in [-0.3, -0.25) is 29.5 Å². The fourth-order valence-electron chi connectivity index (χ4n) is 2.36. The number of carbonyl (C=O) groups excluding carboxylic acids is 4. The Morgan fingerprint density at radius 1 is 1.32 bits per heavy atom. The molecule has 1 saturated heterocycles. The van der Waals surface area contributed by atoms with E-state index < -0.39 is 0 Å². The van der Waals surface area contributed by atoms with Crippen molar-refractivity contribution in [1.29, 1.82) is 0 Å². The number of nitrogens with zero attached hydrogens (tertiary/aromatic N) is 1. The van der Waals surface area contributed by atoms with Gasteiger partial charge in [0.15, 0.2) is 0 Å². The van der Waals surface area contributed by atoms with E-state index in [0.29, 0.717) is 13.1 Å². The summed E-state index contributed by atoms with van der Waals surface area (Å²) in [6.07, 6.45) is 4.05. The van der Waals surface area contributed by atoms with Crippen LogP contribution < -0.4 is 16.2 Å². The molecule has 2 unspecified atom stereocenters. The summed E-state index contributed by atoms with van der Waals surface area (Å²) in [4.78, 5) is 48.2. The first-order valence-corrected chi connectivity index (χ1v) is 10.5. The van der Waals surface area contributed by atoms with Crippen LogP contribution in [0.5, 0.6) is 0 Å². The van der Waals surface area contributed by atoms with E-state index >= 15 is 0 Å². The maximum absolute atomic E-state index is 12.0. The number of likely N-dealkylation sites (tertiary alicyclic amines) is 1. The Bertz CT molecular complexity index is 572. The Morgan fingerprint density at radius 2 is 2.07 bits per heavy atom. The van der Waals surface area contributed by atoms with Crippen LogP contribution in [0.15, 0.2) is 12.7 Å². The molecule has 10 heteroatoms. The van der Waals surface area contributed by atoms with Gasteiger partial charge in [0.1, 0.15) is 0 Å². The number of imide groups is 1. The second kappa shape index (κ2) is 13.3. The fourth-order valence-corrected chi connectivity index (χ4v) is 3.00. The molecule has 2 atom stereocenters. The summed E-state index contributed by atoms with van der Waals surface area (Å²) in [5.74, 6) is -0.625. The number of amides is 4. The van der Waals surface area contributed by atoms with Crippen LogP contribution >= 0.6 is 11.8 Å². The third kappa shape index (κ3) is 8.85. The smallest absolute Gasteiger partial charge is 0.242 e. The third-order valence-electron chi connectivity index (χ3n) is 4.15. The van der Waals surface area contributed by atoms with E-state index in [1.54, 1.807) is 12.3 Å². The average molecular weight is 415 g/mol. The Kier molecular flexibility index (Phi) is 11.5. The molecule has 1 aliphatic heterocycles. The first-order chi connectivity index (χ1) is 13.4. The zero-order chi connectivity index (χ0) is 20.9. The second-order valence-electron chi connectivity index (χ2n) is 6.42. The first kappa shape index (κ1) is 24.1. The van der Waals surface area contributed by atoms with Crippen molar-refractivity contribution in [2.24, 2.45) is 5.92 Å². The van der Waals surface area contributed by atoms with Crippen LogP contribution in [-0.2, 0) is 23.9 Å². The molecule has 0 spiro atoms. The SMILES string of the molecule is C=CC(C)CNNC(=O)CCOCCNC(=O)CCN1C(=O)CC(SC)C1=O. The van der Waals surface area contributed by atoms with Crippen molar-refractivity contribution in [2.45, 2.75) is 31.4 Å². The van der Waals surface area contributed by atoms with Crippen LogP contribution in [0.25, 0.3) is 0 Å². The minimum absolute atomic E-state index is 0.0653. The largest absolute Gasteiger partial charge is 0.379 e. The van der Waals surface area contributed by atoms with Crippen molar-refractivity contribution in [3.63, 3.8) is 0 Å². The molecule has 4 amide bonds. The number of hydrazine groups is 1. The van der Waals surface area contributed by atoms with Gasteiger partial charge in [-0.05, 0) is 12.2 Å². The van der Waals surface area contributed by atoms with Gasteiger partial charge in [0.2, 0.25) is 23.6 Å². The van der Waals surface area contributed by atoms with Crippen LogP contribution in [0.3, 0.4) is 0 Å². The molecule has 3 N–H and O–H groups in total. The highest BCUT2D eigenvalue weighted by atomic mass is 32.2. The fraction of sp³-hybridized carbons (Fsp3) is 0.667. The number of hydrogen-bond acceptors (Lipinski definition) is 7. The minimum Gasteiger partial charge on any atom is -0.379 e. The van der Waals surface area contributed by atoms with E-state index in [9.17, 15) is 19.2 Å². The Balaban J connectivity index is 2.03. The van der Waals surface area contributed by atoms with Gasteiger partial charge in [0.25, 0.3) is 0 Å². The van der Waals surface area contributed by atoms with Crippen LogP contribution in [-0.4, -0.2) is 72.9 Å². The number of carbonyl (C=O) groups is 4. The van der Waals surface area contributed by atoms with E-state index in [4.69, 9.17) is 4.74 Å². The zero-order valence-electron chi connectivity index (χ0n) is 16.5. The van der Waals surface area contributed by atoms with Crippen LogP contribution in [0.1, 0.15) is 26.2 Å². The summed E-state index contributed by atoms with van der Waals surface area (Å²) < 4.78 is 5.30. The predicted octanol–water partition coefficient (Wildman–Crippen LogP) is -0.167. The third-order valence-corrected chi connectivity index (χ3v) is 5.08. The summed E-state index contributed by atoms with van der Waals surface area (Å²) >= 11 is 1.35. The number of rotatable bonds is 14. The van der Waals surface area contributed by atoms with Crippen molar-refractivity contribution >= 4 is 35.4 Å². The summed E-state index contributed by atoms with van der Waals surface area (Å²) in [5, 5.41) is 2.33. The molecular formula is C18H30N4O5S. The highest BCUT2D eigenvalue weighted by Gasteiger charge is 2.37. The summed E-state index contributed by atoms with van der Waals surface area (Å²) in [7, 11) is 0. The van der Waals surface area contributed by atoms with E-state index in [-0.39, 0.29) is 73.8 Å². The molecule has 9 nitrogen and oxygen atoms in total. The van der Waals surface area contributed by atoms with Crippen LogP contribution in [0.4, 0.5) is 0 Å². The molecular weight excluding hydrogens is 384 g/mol. The Labute approximate surface area is 170 Å². The first-order valence-electron chi connectivity index (χ1n) is 9.24. The molecule has 0 aromatic rings. The number of hydrogen-bond donors (Lipinski definition) is 3. The van der Waals surface area contributed by atoms with Crippen LogP contribution in [0.2, 0.25) is 0 Å². The quantitative estimate of drug-likeness (QED) is 0.156. The number of nitrogens with one attached hydrogen (secondary N) is 3. The van der Waals surface area contributed by atoms with Crippen LogP contribution in [0, 0.1) is 5.92 Å². The standard InChI is InChI=1S/C18H30N4O5S/c1-4-13(2)12-20-21-16(24)6-9-27-10-7-19-15(23)5-8-22-17(25)11-14(28-3)18(22)26/h4,13-14,20H,1,5-12H2,2-3H3,(H,19,23)(H,21,24). The van der Waals surface area contributed by atoms with Crippen molar-refractivity contribution in [3.8, 4) is 0 Å². The summed E-state index contributed by atoms with van der Waals surface area (Å²) in [6.45, 7) is 7.15. The lowest BCUT2D eigenvalue weighted by Gasteiger charge is -2.14. The molecule has 28 heavy (non-hydrogen) atoms. The topological polar surface area (TPSA) is 117 Å². The Hall–Kier alpha value is -1.91. The van der Waals surface area contributed by atoms with Gasteiger partial charge < -0.3 is 10.1 Å². The average Bonchev–Trinajstić information content (AvgIpc) is 2.95. The van der Waals surface area contributed by atoms with E-state index in [1.807, 2.05) is 6.92 Å². The van der Waals surface area contributed by atoms with Gasteiger partial charge in [0, 0.05) is 32.5 Å².